The molecule has 3 heteroatoms. The molecular formula is C12H11NO2. The van der Waals surface area contributed by atoms with Crippen LogP contribution in [0.3, 0.4) is 0 Å². The maximum Gasteiger partial charge on any atom is 0.181 e. The number of aromatic nitrogens is 1. The zero-order chi connectivity index (χ0) is 10.5. The van der Waals surface area contributed by atoms with Crippen LogP contribution in [0.5, 0.6) is 5.75 Å². The van der Waals surface area contributed by atoms with Crippen molar-refractivity contribution in [2.75, 3.05) is 7.11 Å². The van der Waals surface area contributed by atoms with E-state index in [1.165, 1.54) is 6.39 Å². The predicted octanol–water partition coefficient (Wildman–Crippen LogP) is 2.85. The Labute approximate surface area is 88.0 Å². The minimum atomic E-state index is 0.741. The van der Waals surface area contributed by atoms with E-state index < -0.39 is 0 Å². The summed E-state index contributed by atoms with van der Waals surface area (Å²) in [5, 5.41) is 0. The maximum atomic E-state index is 5.08. The molecule has 0 aliphatic heterocycles. The number of benzene rings is 1. The first-order valence-electron chi connectivity index (χ1n) is 4.59. The van der Waals surface area contributed by atoms with Gasteiger partial charge in [-0.3, -0.25) is 0 Å². The highest BCUT2D eigenvalue weighted by molar-refractivity contribution is 5.67. The maximum absolute atomic E-state index is 5.08. The average Bonchev–Trinajstić information content (AvgIpc) is 2.80. The number of methoxy groups -OCH3 is 1. The lowest BCUT2D eigenvalue weighted by Gasteiger charge is -1.98. The van der Waals surface area contributed by atoms with Crippen LogP contribution in [0.2, 0.25) is 0 Å². The van der Waals surface area contributed by atoms with Gasteiger partial charge in [0.1, 0.15) is 11.5 Å². The van der Waals surface area contributed by atoms with Gasteiger partial charge in [-0.05, 0) is 23.8 Å². The lowest BCUT2D eigenvalue weighted by atomic mass is 10.2. The summed E-state index contributed by atoms with van der Waals surface area (Å²) in [4.78, 5) is 3.82. The third-order valence-corrected chi connectivity index (χ3v) is 2.01. The fourth-order valence-electron chi connectivity index (χ4n) is 1.20. The Morgan fingerprint density at radius 2 is 2.00 bits per heavy atom. The normalized spacial score (nSPS) is 10.7. The molecule has 0 spiro atoms. The average molecular weight is 201 g/mol. The van der Waals surface area contributed by atoms with E-state index in [4.69, 9.17) is 9.15 Å². The topological polar surface area (TPSA) is 35.3 Å². The Morgan fingerprint density at radius 1 is 1.20 bits per heavy atom. The van der Waals surface area contributed by atoms with Gasteiger partial charge in [0.05, 0.1) is 13.3 Å². The van der Waals surface area contributed by atoms with Crippen molar-refractivity contribution >= 4 is 12.2 Å². The molecule has 1 aromatic heterocycles. The van der Waals surface area contributed by atoms with Crippen LogP contribution >= 0.6 is 0 Å². The number of rotatable bonds is 3. The van der Waals surface area contributed by atoms with Crippen molar-refractivity contribution in [1.82, 2.24) is 4.98 Å². The lowest BCUT2D eigenvalue weighted by Crippen LogP contribution is -1.81. The van der Waals surface area contributed by atoms with E-state index in [2.05, 4.69) is 4.98 Å². The molecule has 76 valence electrons. The third kappa shape index (κ3) is 2.47. The molecule has 0 aliphatic carbocycles. The number of nitrogens with zero attached hydrogens (tertiary/aromatic N) is 1. The van der Waals surface area contributed by atoms with Crippen LogP contribution in [0.25, 0.3) is 12.2 Å². The molecule has 0 N–H and O–H groups in total. The van der Waals surface area contributed by atoms with E-state index in [1.807, 2.05) is 36.4 Å². The molecule has 0 aliphatic rings. The minimum absolute atomic E-state index is 0.741. The van der Waals surface area contributed by atoms with Crippen LogP contribution in [0.4, 0.5) is 0 Å². The fraction of sp³-hybridized carbons (Fsp3) is 0.0833. The second-order valence-corrected chi connectivity index (χ2v) is 3.01. The Balaban J connectivity index is 2.11. The molecule has 0 radical (unpaired) electrons. The lowest BCUT2D eigenvalue weighted by molar-refractivity contribution is 0.415. The SMILES string of the molecule is COc1ccc(/C=C/c2cnco2)cc1. The van der Waals surface area contributed by atoms with Gasteiger partial charge < -0.3 is 9.15 Å². The molecule has 15 heavy (non-hydrogen) atoms. The minimum Gasteiger partial charge on any atom is -0.497 e. The van der Waals surface area contributed by atoms with Gasteiger partial charge >= 0.3 is 0 Å². The monoisotopic (exact) mass is 201 g/mol. The fourth-order valence-corrected chi connectivity index (χ4v) is 1.20. The summed E-state index contributed by atoms with van der Waals surface area (Å²) in [5.41, 5.74) is 1.09. The highest BCUT2D eigenvalue weighted by Gasteiger charge is 1.91. The molecule has 0 fully saturated rings. The third-order valence-electron chi connectivity index (χ3n) is 2.01. The number of hydrogen-bond acceptors (Lipinski definition) is 3. The highest BCUT2D eigenvalue weighted by atomic mass is 16.5. The van der Waals surface area contributed by atoms with Crippen LogP contribution in [-0.4, -0.2) is 12.1 Å². The smallest absolute Gasteiger partial charge is 0.181 e. The van der Waals surface area contributed by atoms with E-state index >= 15 is 0 Å². The van der Waals surface area contributed by atoms with Crippen LogP contribution in [0.1, 0.15) is 11.3 Å². The first kappa shape index (κ1) is 9.52. The van der Waals surface area contributed by atoms with E-state index in [9.17, 15) is 0 Å². The summed E-state index contributed by atoms with van der Waals surface area (Å²) >= 11 is 0. The van der Waals surface area contributed by atoms with Crippen molar-refractivity contribution in [1.29, 1.82) is 0 Å². The molecule has 1 aromatic carbocycles. The van der Waals surface area contributed by atoms with Crippen molar-refractivity contribution in [2.45, 2.75) is 0 Å². The summed E-state index contributed by atoms with van der Waals surface area (Å²) in [6, 6.07) is 7.79. The van der Waals surface area contributed by atoms with Crippen LogP contribution in [0, 0.1) is 0 Å². The summed E-state index contributed by atoms with van der Waals surface area (Å²) in [6.07, 6.45) is 6.91. The van der Waals surface area contributed by atoms with Gasteiger partial charge in [-0.2, -0.15) is 0 Å². The molecule has 0 saturated carbocycles. The van der Waals surface area contributed by atoms with Gasteiger partial charge in [0.25, 0.3) is 0 Å². The van der Waals surface area contributed by atoms with Crippen LogP contribution in [0.15, 0.2) is 41.3 Å². The van der Waals surface area contributed by atoms with Crippen molar-refractivity contribution in [2.24, 2.45) is 0 Å². The summed E-state index contributed by atoms with van der Waals surface area (Å²) in [5.74, 6) is 1.60. The van der Waals surface area contributed by atoms with Gasteiger partial charge in [0, 0.05) is 0 Å². The van der Waals surface area contributed by atoms with Crippen molar-refractivity contribution in [3.63, 3.8) is 0 Å². The summed E-state index contributed by atoms with van der Waals surface area (Å²) in [6.45, 7) is 0. The first-order valence-corrected chi connectivity index (χ1v) is 4.59. The summed E-state index contributed by atoms with van der Waals surface area (Å²) < 4.78 is 10.1. The Bertz CT molecular complexity index is 429. The zero-order valence-corrected chi connectivity index (χ0v) is 8.38. The molecule has 0 amide bonds. The first-order chi connectivity index (χ1) is 7.38. The Kier molecular flexibility index (Phi) is 2.83. The van der Waals surface area contributed by atoms with Crippen molar-refractivity contribution in [3.05, 3.63) is 48.2 Å². The number of hydrogen-bond donors (Lipinski definition) is 0. The molecular weight excluding hydrogens is 190 g/mol. The van der Waals surface area contributed by atoms with E-state index in [-0.39, 0.29) is 0 Å². The van der Waals surface area contributed by atoms with Crippen LogP contribution in [-0.2, 0) is 0 Å². The van der Waals surface area contributed by atoms with Gasteiger partial charge in [0.2, 0.25) is 0 Å². The Hall–Kier alpha value is -2.03. The molecule has 0 unspecified atom stereocenters. The molecule has 1 heterocycles. The molecule has 3 nitrogen and oxygen atoms in total. The quantitative estimate of drug-likeness (QED) is 0.765. The van der Waals surface area contributed by atoms with E-state index in [0.29, 0.717) is 0 Å². The van der Waals surface area contributed by atoms with Gasteiger partial charge in [-0.25, -0.2) is 4.98 Å². The molecule has 0 atom stereocenters. The second-order valence-electron chi connectivity index (χ2n) is 3.01. The summed E-state index contributed by atoms with van der Waals surface area (Å²) in [7, 11) is 1.65. The second kappa shape index (κ2) is 4.46. The van der Waals surface area contributed by atoms with E-state index in [1.54, 1.807) is 13.3 Å². The van der Waals surface area contributed by atoms with Crippen molar-refractivity contribution < 1.29 is 9.15 Å². The number of ether oxygens (including phenoxy) is 1. The van der Waals surface area contributed by atoms with Gasteiger partial charge in [0.15, 0.2) is 6.39 Å². The van der Waals surface area contributed by atoms with Crippen LogP contribution < -0.4 is 4.74 Å². The largest absolute Gasteiger partial charge is 0.497 e. The standard InChI is InChI=1S/C12H11NO2/c1-14-11-5-2-10(3-6-11)4-7-12-8-13-9-15-12/h2-9H,1H3/b7-4+. The zero-order valence-electron chi connectivity index (χ0n) is 8.38. The highest BCUT2D eigenvalue weighted by Crippen LogP contribution is 2.13. The molecule has 2 aromatic rings. The van der Waals surface area contributed by atoms with Gasteiger partial charge in [-0.1, -0.05) is 18.2 Å². The number of oxazole rings is 1. The van der Waals surface area contributed by atoms with Crippen molar-refractivity contribution in [3.8, 4) is 5.75 Å². The molecule has 0 bridgehead atoms. The predicted molar refractivity (Wildman–Crippen MR) is 58.4 cm³/mol. The Morgan fingerprint density at radius 3 is 2.60 bits per heavy atom. The molecule has 0 saturated heterocycles. The van der Waals surface area contributed by atoms with Gasteiger partial charge in [-0.15, -0.1) is 0 Å². The molecule has 2 rings (SSSR count). The van der Waals surface area contributed by atoms with E-state index in [0.717, 1.165) is 17.1 Å².